The number of nitrogens with zero attached hydrogens (tertiary/aromatic N) is 2. The number of aliphatic carboxylic acids is 1. The summed E-state index contributed by atoms with van der Waals surface area (Å²) in [6.45, 7) is 4.54. The van der Waals surface area contributed by atoms with Crippen molar-refractivity contribution in [3.05, 3.63) is 46.0 Å². The highest BCUT2D eigenvalue weighted by Crippen LogP contribution is 2.05. The lowest BCUT2D eigenvalue weighted by Crippen LogP contribution is -2.50. The molecule has 2 heterocycles. The van der Waals surface area contributed by atoms with E-state index in [0.29, 0.717) is 5.65 Å². The Kier molecular flexibility index (Phi) is 3.51. The molecule has 7 nitrogen and oxygen atoms in total. The van der Waals surface area contributed by atoms with Gasteiger partial charge in [-0.25, -0.2) is 9.78 Å². The van der Waals surface area contributed by atoms with Crippen LogP contribution in [0.2, 0.25) is 0 Å². The van der Waals surface area contributed by atoms with Crippen LogP contribution in [0.4, 0.5) is 0 Å². The maximum Gasteiger partial charge on any atom is 0.328 e. The highest BCUT2D eigenvalue weighted by atomic mass is 16.4. The fourth-order valence-electron chi connectivity index (χ4n) is 1.74. The van der Waals surface area contributed by atoms with E-state index in [1.807, 2.05) is 6.92 Å². The molecule has 0 aromatic carbocycles. The number of amides is 1. The quantitative estimate of drug-likeness (QED) is 0.861. The molecule has 2 rings (SSSR count). The summed E-state index contributed by atoms with van der Waals surface area (Å²) in [6, 6.07) is 3.43. The first-order valence-corrected chi connectivity index (χ1v) is 6.26. The molecule has 1 amide bonds. The van der Waals surface area contributed by atoms with Gasteiger partial charge < -0.3 is 10.4 Å². The van der Waals surface area contributed by atoms with Crippen LogP contribution in [0.3, 0.4) is 0 Å². The number of hydrogen-bond donors (Lipinski definition) is 2. The lowest BCUT2D eigenvalue weighted by atomic mass is 10.1. The third-order valence-corrected chi connectivity index (χ3v) is 3.07. The highest BCUT2D eigenvalue weighted by Gasteiger charge is 2.30. The van der Waals surface area contributed by atoms with Crippen molar-refractivity contribution in [1.29, 1.82) is 0 Å². The van der Waals surface area contributed by atoms with E-state index in [9.17, 15) is 14.4 Å². The number of carbonyl (C=O) groups excluding carboxylic acids is 1. The summed E-state index contributed by atoms with van der Waals surface area (Å²) in [4.78, 5) is 39.4. The first-order chi connectivity index (χ1) is 9.72. The van der Waals surface area contributed by atoms with Crippen LogP contribution in [-0.2, 0) is 4.79 Å². The Morgan fingerprint density at radius 3 is 2.67 bits per heavy atom. The Balaban J connectivity index is 2.46. The molecule has 0 aliphatic rings. The fraction of sp³-hybridized carbons (Fsp3) is 0.286. The zero-order valence-electron chi connectivity index (χ0n) is 11.9. The van der Waals surface area contributed by atoms with Crippen LogP contribution in [0, 0.1) is 6.92 Å². The molecule has 0 atom stereocenters. The van der Waals surface area contributed by atoms with Gasteiger partial charge in [-0.05, 0) is 38.5 Å². The number of aromatic nitrogens is 2. The Morgan fingerprint density at radius 2 is 2.05 bits per heavy atom. The van der Waals surface area contributed by atoms with Gasteiger partial charge in [-0.2, -0.15) is 0 Å². The third kappa shape index (κ3) is 2.76. The zero-order valence-corrected chi connectivity index (χ0v) is 11.9. The van der Waals surface area contributed by atoms with Crippen molar-refractivity contribution in [1.82, 2.24) is 14.7 Å². The standard InChI is InChI=1S/C14H15N3O4/c1-8-4-5-17-10(6-8)15-7-9(12(17)19)11(18)16-14(2,3)13(20)21/h4-7H,1-3H3,(H,16,18)(H,20,21). The van der Waals surface area contributed by atoms with Gasteiger partial charge in [-0.1, -0.05) is 0 Å². The van der Waals surface area contributed by atoms with Crippen molar-refractivity contribution in [3.63, 3.8) is 0 Å². The Morgan fingerprint density at radius 1 is 1.38 bits per heavy atom. The van der Waals surface area contributed by atoms with Crippen LogP contribution in [0.1, 0.15) is 29.8 Å². The van der Waals surface area contributed by atoms with E-state index in [2.05, 4.69) is 10.3 Å². The molecule has 0 bridgehead atoms. The second kappa shape index (κ2) is 5.01. The number of rotatable bonds is 3. The number of carbonyl (C=O) groups is 2. The predicted molar refractivity (Wildman–Crippen MR) is 75.4 cm³/mol. The summed E-state index contributed by atoms with van der Waals surface area (Å²) in [5, 5.41) is 11.3. The van der Waals surface area contributed by atoms with Crippen molar-refractivity contribution in [3.8, 4) is 0 Å². The molecular weight excluding hydrogens is 274 g/mol. The number of nitrogens with one attached hydrogen (secondary N) is 1. The van der Waals surface area contributed by atoms with Crippen molar-refractivity contribution in [2.75, 3.05) is 0 Å². The molecule has 2 aromatic rings. The van der Waals surface area contributed by atoms with Gasteiger partial charge in [0.2, 0.25) is 0 Å². The van der Waals surface area contributed by atoms with E-state index in [1.165, 1.54) is 24.4 Å². The first kappa shape index (κ1) is 14.7. The van der Waals surface area contributed by atoms with Crippen LogP contribution < -0.4 is 10.9 Å². The van der Waals surface area contributed by atoms with Crippen LogP contribution in [0.5, 0.6) is 0 Å². The molecule has 2 N–H and O–H groups in total. The molecule has 0 saturated heterocycles. The van der Waals surface area contributed by atoms with Gasteiger partial charge in [0.1, 0.15) is 16.7 Å². The Hall–Kier alpha value is -2.70. The number of aryl methyl sites for hydroxylation is 1. The van der Waals surface area contributed by atoms with Crippen molar-refractivity contribution >= 4 is 17.5 Å². The van der Waals surface area contributed by atoms with Gasteiger partial charge >= 0.3 is 5.97 Å². The largest absolute Gasteiger partial charge is 0.480 e. The van der Waals surface area contributed by atoms with Gasteiger partial charge in [0.05, 0.1) is 0 Å². The molecule has 0 spiro atoms. The average Bonchev–Trinajstić information content (AvgIpc) is 2.37. The smallest absolute Gasteiger partial charge is 0.328 e. The summed E-state index contributed by atoms with van der Waals surface area (Å²) in [6.07, 6.45) is 2.68. The topological polar surface area (TPSA) is 101 Å². The number of carboxylic acids is 1. The van der Waals surface area contributed by atoms with E-state index in [-0.39, 0.29) is 5.56 Å². The SMILES string of the molecule is Cc1ccn2c(=O)c(C(=O)NC(C)(C)C(=O)O)cnc2c1. The fourth-order valence-corrected chi connectivity index (χ4v) is 1.74. The van der Waals surface area contributed by atoms with Gasteiger partial charge in [-0.3, -0.25) is 14.0 Å². The molecule has 110 valence electrons. The van der Waals surface area contributed by atoms with Gasteiger partial charge in [0, 0.05) is 12.4 Å². The minimum atomic E-state index is -1.48. The second-order valence-corrected chi connectivity index (χ2v) is 5.29. The summed E-state index contributed by atoms with van der Waals surface area (Å²) in [5.74, 6) is -1.96. The van der Waals surface area contributed by atoms with E-state index < -0.39 is 23.0 Å². The maximum atomic E-state index is 12.3. The zero-order chi connectivity index (χ0) is 15.8. The van der Waals surface area contributed by atoms with E-state index >= 15 is 0 Å². The van der Waals surface area contributed by atoms with Crippen molar-refractivity contribution < 1.29 is 14.7 Å². The Bertz CT molecular complexity index is 792. The summed E-state index contributed by atoms with van der Waals surface area (Å²) in [7, 11) is 0. The van der Waals surface area contributed by atoms with E-state index in [0.717, 1.165) is 11.8 Å². The number of fused-ring (bicyclic) bond motifs is 1. The first-order valence-electron chi connectivity index (χ1n) is 6.26. The molecule has 7 heteroatoms. The molecule has 0 aliphatic heterocycles. The molecule has 0 fully saturated rings. The van der Waals surface area contributed by atoms with E-state index in [4.69, 9.17) is 5.11 Å². The van der Waals surface area contributed by atoms with E-state index in [1.54, 1.807) is 12.1 Å². The van der Waals surface area contributed by atoms with Crippen LogP contribution >= 0.6 is 0 Å². The molecule has 2 aromatic heterocycles. The minimum Gasteiger partial charge on any atom is -0.480 e. The average molecular weight is 289 g/mol. The maximum absolute atomic E-state index is 12.3. The summed E-state index contributed by atoms with van der Waals surface area (Å²) < 4.78 is 1.25. The number of hydrogen-bond acceptors (Lipinski definition) is 4. The lowest BCUT2D eigenvalue weighted by Gasteiger charge is -2.20. The van der Waals surface area contributed by atoms with Gasteiger partial charge in [0.15, 0.2) is 0 Å². The van der Waals surface area contributed by atoms with Gasteiger partial charge in [-0.15, -0.1) is 0 Å². The lowest BCUT2D eigenvalue weighted by molar-refractivity contribution is -0.143. The highest BCUT2D eigenvalue weighted by molar-refractivity contribution is 5.97. The summed E-state index contributed by atoms with van der Waals surface area (Å²) >= 11 is 0. The van der Waals surface area contributed by atoms with Crippen molar-refractivity contribution in [2.45, 2.75) is 26.3 Å². The molecular formula is C14H15N3O4. The van der Waals surface area contributed by atoms with Crippen LogP contribution in [-0.4, -0.2) is 31.9 Å². The number of pyridine rings is 1. The second-order valence-electron chi connectivity index (χ2n) is 5.29. The molecule has 0 unspecified atom stereocenters. The Labute approximate surface area is 120 Å². The van der Waals surface area contributed by atoms with Crippen molar-refractivity contribution in [2.24, 2.45) is 0 Å². The monoisotopic (exact) mass is 289 g/mol. The third-order valence-electron chi connectivity index (χ3n) is 3.07. The predicted octanol–water partition coefficient (Wildman–Crippen LogP) is 0.596. The summed E-state index contributed by atoms with van der Waals surface area (Å²) in [5.41, 5.74) is -0.860. The molecule has 0 saturated carbocycles. The molecule has 21 heavy (non-hydrogen) atoms. The normalized spacial score (nSPS) is 11.4. The minimum absolute atomic E-state index is 0.203. The van der Waals surface area contributed by atoms with Gasteiger partial charge in [0.25, 0.3) is 11.5 Å². The van der Waals surface area contributed by atoms with Crippen LogP contribution in [0.15, 0.2) is 29.3 Å². The van der Waals surface area contributed by atoms with Crippen LogP contribution in [0.25, 0.3) is 5.65 Å². The number of carboxylic acid groups (broad SMARTS) is 1. The molecule has 0 aliphatic carbocycles. The molecule has 0 radical (unpaired) electrons.